The first-order chi connectivity index (χ1) is 7.61. The molecule has 1 saturated heterocycles. The van der Waals surface area contributed by atoms with Crippen LogP contribution in [0.25, 0.3) is 0 Å². The average Bonchev–Trinajstić information content (AvgIpc) is 2.52. The highest BCUT2D eigenvalue weighted by Gasteiger charge is 2.74. The van der Waals surface area contributed by atoms with E-state index >= 15 is 0 Å². The highest BCUT2D eigenvalue weighted by Crippen LogP contribution is 2.60. The van der Waals surface area contributed by atoms with Gasteiger partial charge < -0.3 is 4.74 Å². The molecule has 1 aliphatic carbocycles. The molecule has 1 aromatic rings. The Hall–Kier alpha value is -1.64. The Kier molecular flexibility index (Phi) is 1.63. The molecule has 82 valence electrons. The summed E-state index contributed by atoms with van der Waals surface area (Å²) in [6.07, 6.45) is 1.04. The number of ether oxygens (including phenoxy) is 1. The maximum absolute atomic E-state index is 11.8. The third-order valence-corrected chi connectivity index (χ3v) is 3.98. The zero-order valence-corrected chi connectivity index (χ0v) is 9.03. The molecule has 2 aliphatic rings. The molecule has 1 aliphatic heterocycles. The van der Waals surface area contributed by atoms with E-state index in [4.69, 9.17) is 4.74 Å². The van der Waals surface area contributed by atoms with Gasteiger partial charge in [-0.15, -0.1) is 0 Å². The maximum atomic E-state index is 11.8. The second-order valence-corrected chi connectivity index (χ2v) is 4.63. The molecule has 0 unspecified atom stereocenters. The normalized spacial score (nSPS) is 36.6. The van der Waals surface area contributed by atoms with Gasteiger partial charge >= 0.3 is 5.97 Å². The lowest BCUT2D eigenvalue weighted by atomic mass is 9.67. The topological polar surface area (TPSA) is 43.4 Å². The summed E-state index contributed by atoms with van der Waals surface area (Å²) in [5.41, 5.74) is -0.709. The van der Waals surface area contributed by atoms with Crippen molar-refractivity contribution in [3.05, 3.63) is 35.9 Å². The molecule has 2 fully saturated rings. The third-order valence-electron chi connectivity index (χ3n) is 3.98. The Balaban J connectivity index is 2.15. The average molecular weight is 216 g/mol. The second kappa shape index (κ2) is 2.73. The highest BCUT2D eigenvalue weighted by molar-refractivity contribution is 6.10. The standard InChI is InChI=1S/C13H12O3/c1-12-10(14)7-8-13(12,16-11(12)15)9-5-3-2-4-6-9/h2-6H,7-8H2,1H3/t12-,13+/m1/s1. The lowest BCUT2D eigenvalue weighted by molar-refractivity contribution is -0.231. The molecule has 3 nitrogen and oxygen atoms in total. The Labute approximate surface area is 93.4 Å². The van der Waals surface area contributed by atoms with Crippen LogP contribution in [-0.2, 0) is 19.9 Å². The maximum Gasteiger partial charge on any atom is 0.324 e. The molecular weight excluding hydrogens is 204 g/mol. The lowest BCUT2D eigenvalue weighted by Gasteiger charge is -2.49. The van der Waals surface area contributed by atoms with Crippen LogP contribution in [0.4, 0.5) is 0 Å². The molecule has 1 heterocycles. The number of hydrogen-bond donors (Lipinski definition) is 0. The number of esters is 1. The van der Waals surface area contributed by atoms with Gasteiger partial charge in [-0.05, 0) is 12.5 Å². The van der Waals surface area contributed by atoms with Gasteiger partial charge in [0.1, 0.15) is 0 Å². The van der Waals surface area contributed by atoms with E-state index in [2.05, 4.69) is 0 Å². The largest absolute Gasteiger partial charge is 0.452 e. The van der Waals surface area contributed by atoms with Crippen LogP contribution in [0.5, 0.6) is 0 Å². The van der Waals surface area contributed by atoms with Crippen LogP contribution < -0.4 is 0 Å². The summed E-state index contributed by atoms with van der Waals surface area (Å²) in [4.78, 5) is 23.4. The summed E-state index contributed by atoms with van der Waals surface area (Å²) in [6.45, 7) is 1.71. The minimum Gasteiger partial charge on any atom is -0.452 e. The lowest BCUT2D eigenvalue weighted by Crippen LogP contribution is -2.62. The van der Waals surface area contributed by atoms with Crippen LogP contribution in [0.15, 0.2) is 30.3 Å². The minimum absolute atomic E-state index is 0.00704. The highest BCUT2D eigenvalue weighted by atomic mass is 16.6. The molecule has 16 heavy (non-hydrogen) atoms. The van der Waals surface area contributed by atoms with Gasteiger partial charge in [0.05, 0.1) is 0 Å². The van der Waals surface area contributed by atoms with E-state index in [9.17, 15) is 9.59 Å². The van der Waals surface area contributed by atoms with Gasteiger partial charge in [0.25, 0.3) is 0 Å². The van der Waals surface area contributed by atoms with E-state index in [1.54, 1.807) is 6.92 Å². The summed E-state index contributed by atoms with van der Waals surface area (Å²) in [6, 6.07) is 9.56. The van der Waals surface area contributed by atoms with Crippen molar-refractivity contribution in [1.29, 1.82) is 0 Å². The quantitative estimate of drug-likeness (QED) is 0.531. The fourth-order valence-electron chi connectivity index (χ4n) is 2.86. The summed E-state index contributed by atoms with van der Waals surface area (Å²) < 4.78 is 5.35. The molecule has 0 spiro atoms. The van der Waals surface area contributed by atoms with Crippen molar-refractivity contribution >= 4 is 11.8 Å². The van der Waals surface area contributed by atoms with Crippen molar-refractivity contribution in [3.63, 3.8) is 0 Å². The Morgan fingerprint density at radius 1 is 1.19 bits per heavy atom. The number of hydrogen-bond acceptors (Lipinski definition) is 3. The predicted octanol–water partition coefficient (Wildman–Crippen LogP) is 1.81. The molecule has 0 aromatic heterocycles. The van der Waals surface area contributed by atoms with Crippen LogP contribution in [0.1, 0.15) is 25.3 Å². The number of Topliss-reactive ketones (excluding diaryl/α,β-unsaturated/α-hetero) is 1. The van der Waals surface area contributed by atoms with Crippen molar-refractivity contribution in [2.75, 3.05) is 0 Å². The number of fused-ring (bicyclic) bond motifs is 1. The molecule has 1 saturated carbocycles. The van der Waals surface area contributed by atoms with Crippen molar-refractivity contribution < 1.29 is 14.3 Å². The number of carbonyl (C=O) groups is 2. The molecule has 1 aromatic carbocycles. The SMILES string of the molecule is C[C@]12C(=O)CC[C@@]1(c1ccccc1)OC2=O. The molecule has 3 rings (SSSR count). The van der Waals surface area contributed by atoms with E-state index in [0.717, 1.165) is 5.56 Å². The Morgan fingerprint density at radius 3 is 2.50 bits per heavy atom. The summed E-state index contributed by atoms with van der Waals surface area (Å²) in [5, 5.41) is 0. The van der Waals surface area contributed by atoms with Gasteiger partial charge in [-0.2, -0.15) is 0 Å². The first-order valence-electron chi connectivity index (χ1n) is 5.43. The Morgan fingerprint density at radius 2 is 1.88 bits per heavy atom. The molecule has 0 bridgehead atoms. The van der Waals surface area contributed by atoms with Crippen molar-refractivity contribution in [2.24, 2.45) is 5.41 Å². The van der Waals surface area contributed by atoms with Crippen LogP contribution in [0, 0.1) is 5.41 Å². The summed E-state index contributed by atoms with van der Waals surface area (Å²) in [7, 11) is 0. The number of benzene rings is 1. The van der Waals surface area contributed by atoms with E-state index < -0.39 is 11.0 Å². The third kappa shape index (κ3) is 0.811. The van der Waals surface area contributed by atoms with Gasteiger partial charge in [0.15, 0.2) is 16.8 Å². The van der Waals surface area contributed by atoms with Crippen LogP contribution in [-0.4, -0.2) is 11.8 Å². The van der Waals surface area contributed by atoms with Gasteiger partial charge in [0.2, 0.25) is 0 Å². The van der Waals surface area contributed by atoms with E-state index in [1.807, 2.05) is 30.3 Å². The molecule has 0 radical (unpaired) electrons. The van der Waals surface area contributed by atoms with Crippen molar-refractivity contribution in [2.45, 2.75) is 25.4 Å². The molecule has 3 heteroatoms. The molecule has 2 atom stereocenters. The Bertz CT molecular complexity index is 479. The fourth-order valence-corrected chi connectivity index (χ4v) is 2.86. The van der Waals surface area contributed by atoms with Crippen molar-refractivity contribution in [3.8, 4) is 0 Å². The zero-order chi connectivity index (χ0) is 11.4. The first-order valence-corrected chi connectivity index (χ1v) is 5.43. The van der Waals surface area contributed by atoms with E-state index in [1.165, 1.54) is 0 Å². The number of carbonyl (C=O) groups excluding carboxylic acids is 2. The predicted molar refractivity (Wildman–Crippen MR) is 56.6 cm³/mol. The molecular formula is C13H12O3. The van der Waals surface area contributed by atoms with Crippen LogP contribution >= 0.6 is 0 Å². The monoisotopic (exact) mass is 216 g/mol. The summed E-state index contributed by atoms with van der Waals surface area (Å²) in [5.74, 6) is -0.369. The van der Waals surface area contributed by atoms with E-state index in [-0.39, 0.29) is 11.8 Å². The first kappa shape index (κ1) is 9.58. The summed E-state index contributed by atoms with van der Waals surface area (Å²) >= 11 is 0. The van der Waals surface area contributed by atoms with Crippen LogP contribution in [0.3, 0.4) is 0 Å². The van der Waals surface area contributed by atoms with Gasteiger partial charge in [-0.1, -0.05) is 30.3 Å². The second-order valence-electron chi connectivity index (χ2n) is 4.63. The fraction of sp³-hybridized carbons (Fsp3) is 0.385. The van der Waals surface area contributed by atoms with Crippen LogP contribution in [0.2, 0.25) is 0 Å². The number of ketones is 1. The van der Waals surface area contributed by atoms with Gasteiger partial charge in [-0.25, -0.2) is 0 Å². The molecule has 0 amide bonds. The zero-order valence-electron chi connectivity index (χ0n) is 9.03. The van der Waals surface area contributed by atoms with Gasteiger partial charge in [-0.3, -0.25) is 9.59 Å². The molecule has 0 N–H and O–H groups in total. The van der Waals surface area contributed by atoms with E-state index in [0.29, 0.717) is 12.8 Å². The van der Waals surface area contributed by atoms with Gasteiger partial charge in [0, 0.05) is 12.8 Å². The smallest absolute Gasteiger partial charge is 0.324 e. The van der Waals surface area contributed by atoms with Crippen molar-refractivity contribution in [1.82, 2.24) is 0 Å². The minimum atomic E-state index is -0.950. The number of rotatable bonds is 1.